The molecule has 1 unspecified atom stereocenters. The second-order valence-electron chi connectivity index (χ2n) is 6.40. The van der Waals surface area contributed by atoms with E-state index in [1.807, 2.05) is 6.92 Å². The van der Waals surface area contributed by atoms with E-state index in [4.69, 9.17) is 0 Å². The van der Waals surface area contributed by atoms with Crippen molar-refractivity contribution in [2.24, 2.45) is 0 Å². The van der Waals surface area contributed by atoms with Gasteiger partial charge in [0.15, 0.2) is 0 Å². The van der Waals surface area contributed by atoms with Gasteiger partial charge in [-0.3, -0.25) is 4.68 Å². The van der Waals surface area contributed by atoms with Gasteiger partial charge in [-0.15, -0.1) is 0 Å². The van der Waals surface area contributed by atoms with Crippen LogP contribution in [0.5, 0.6) is 0 Å². The topological polar surface area (TPSA) is 50.1 Å². The Kier molecular flexibility index (Phi) is 5.61. The molecule has 0 aliphatic heterocycles. The molecule has 1 aromatic rings. The first kappa shape index (κ1) is 15.5. The summed E-state index contributed by atoms with van der Waals surface area (Å²) >= 11 is 0. The molecule has 1 aromatic heterocycles. The third kappa shape index (κ3) is 4.60. The maximum atomic E-state index is 10.5. The molecule has 1 saturated carbocycles. The van der Waals surface area contributed by atoms with Crippen molar-refractivity contribution in [2.45, 2.75) is 70.4 Å². The van der Waals surface area contributed by atoms with E-state index in [0.29, 0.717) is 12.5 Å². The highest BCUT2D eigenvalue weighted by Crippen LogP contribution is 2.29. The van der Waals surface area contributed by atoms with Gasteiger partial charge in [-0.1, -0.05) is 19.8 Å². The molecule has 1 aliphatic carbocycles. The van der Waals surface area contributed by atoms with Crippen molar-refractivity contribution >= 4 is 0 Å². The Balaban J connectivity index is 1.82. The zero-order valence-electron chi connectivity index (χ0n) is 12.9. The Labute approximate surface area is 122 Å². The highest BCUT2D eigenvalue weighted by molar-refractivity contribution is 5.04. The molecule has 0 spiro atoms. The predicted octanol–water partition coefficient (Wildman–Crippen LogP) is 2.68. The van der Waals surface area contributed by atoms with Crippen LogP contribution in [-0.2, 0) is 6.42 Å². The zero-order chi connectivity index (χ0) is 14.4. The predicted molar refractivity (Wildman–Crippen MR) is 81.8 cm³/mol. The number of aliphatic hydroxyl groups is 1. The molecule has 4 heteroatoms. The first-order valence-corrected chi connectivity index (χ1v) is 8.08. The summed E-state index contributed by atoms with van der Waals surface area (Å²) in [5.41, 5.74) is 0.340. The average Bonchev–Trinajstić information content (AvgIpc) is 3.04. The molecule has 0 radical (unpaired) electrons. The number of rotatable bonds is 8. The van der Waals surface area contributed by atoms with Gasteiger partial charge in [0.1, 0.15) is 0 Å². The van der Waals surface area contributed by atoms with Gasteiger partial charge in [0.25, 0.3) is 0 Å². The molecule has 1 heterocycles. The van der Waals surface area contributed by atoms with Crippen molar-refractivity contribution in [3.05, 3.63) is 18.0 Å². The maximum absolute atomic E-state index is 10.5. The molecule has 114 valence electrons. The molecule has 20 heavy (non-hydrogen) atoms. The standard InChI is InChI=1S/C16H29N3O/c1-3-10-17-11-9-16(2,20)13-14-8-12-19(18-14)15-6-4-5-7-15/h8,12,15,17,20H,3-7,9-11,13H2,1-2H3. The first-order chi connectivity index (χ1) is 9.61. The van der Waals surface area contributed by atoms with Gasteiger partial charge < -0.3 is 10.4 Å². The van der Waals surface area contributed by atoms with Gasteiger partial charge in [-0.2, -0.15) is 5.10 Å². The van der Waals surface area contributed by atoms with Crippen LogP contribution in [0.15, 0.2) is 12.3 Å². The summed E-state index contributed by atoms with van der Waals surface area (Å²) in [4.78, 5) is 0. The van der Waals surface area contributed by atoms with Crippen molar-refractivity contribution in [1.29, 1.82) is 0 Å². The normalized spacial score (nSPS) is 19.4. The SMILES string of the molecule is CCCNCCC(C)(O)Cc1ccn(C2CCCC2)n1. The van der Waals surface area contributed by atoms with Gasteiger partial charge in [0, 0.05) is 12.6 Å². The number of hydrogen-bond donors (Lipinski definition) is 2. The summed E-state index contributed by atoms with van der Waals surface area (Å²) in [5.74, 6) is 0. The van der Waals surface area contributed by atoms with Crippen molar-refractivity contribution in [3.63, 3.8) is 0 Å². The summed E-state index contributed by atoms with van der Waals surface area (Å²) in [6.45, 7) is 5.95. The van der Waals surface area contributed by atoms with E-state index in [2.05, 4.69) is 34.3 Å². The van der Waals surface area contributed by atoms with Gasteiger partial charge in [0.2, 0.25) is 0 Å². The van der Waals surface area contributed by atoms with E-state index in [-0.39, 0.29) is 0 Å². The smallest absolute Gasteiger partial charge is 0.0687 e. The van der Waals surface area contributed by atoms with Crippen molar-refractivity contribution in [2.75, 3.05) is 13.1 Å². The lowest BCUT2D eigenvalue weighted by Gasteiger charge is -2.22. The minimum Gasteiger partial charge on any atom is -0.390 e. The van der Waals surface area contributed by atoms with E-state index < -0.39 is 5.60 Å². The van der Waals surface area contributed by atoms with Crippen LogP contribution in [0.4, 0.5) is 0 Å². The van der Waals surface area contributed by atoms with Crippen LogP contribution in [0.25, 0.3) is 0 Å². The molecule has 1 aliphatic rings. The molecule has 2 rings (SSSR count). The third-order valence-corrected chi connectivity index (χ3v) is 4.19. The average molecular weight is 279 g/mol. The molecular formula is C16H29N3O. The van der Waals surface area contributed by atoms with Gasteiger partial charge in [0.05, 0.1) is 17.3 Å². The van der Waals surface area contributed by atoms with Gasteiger partial charge in [-0.25, -0.2) is 0 Å². The lowest BCUT2D eigenvalue weighted by Crippen LogP contribution is -2.32. The van der Waals surface area contributed by atoms with E-state index in [1.54, 1.807) is 0 Å². The Hall–Kier alpha value is -0.870. The quantitative estimate of drug-likeness (QED) is 0.719. The number of aromatic nitrogens is 2. The molecule has 2 N–H and O–H groups in total. The van der Waals surface area contributed by atoms with Crippen LogP contribution in [0.2, 0.25) is 0 Å². The molecular weight excluding hydrogens is 250 g/mol. The largest absolute Gasteiger partial charge is 0.390 e. The Morgan fingerprint density at radius 2 is 2.15 bits per heavy atom. The number of nitrogens with one attached hydrogen (secondary N) is 1. The zero-order valence-corrected chi connectivity index (χ0v) is 12.9. The number of hydrogen-bond acceptors (Lipinski definition) is 3. The van der Waals surface area contributed by atoms with Crippen LogP contribution < -0.4 is 5.32 Å². The minimum atomic E-state index is -0.671. The second kappa shape index (κ2) is 7.23. The molecule has 1 atom stereocenters. The monoisotopic (exact) mass is 279 g/mol. The van der Waals surface area contributed by atoms with Crippen molar-refractivity contribution in [3.8, 4) is 0 Å². The lowest BCUT2D eigenvalue weighted by atomic mass is 9.96. The first-order valence-electron chi connectivity index (χ1n) is 8.08. The van der Waals surface area contributed by atoms with Gasteiger partial charge in [-0.05, 0) is 51.8 Å². The Morgan fingerprint density at radius 3 is 2.85 bits per heavy atom. The summed E-state index contributed by atoms with van der Waals surface area (Å²) in [7, 11) is 0. The minimum absolute atomic E-state index is 0.583. The van der Waals surface area contributed by atoms with Crippen LogP contribution >= 0.6 is 0 Å². The fourth-order valence-corrected chi connectivity index (χ4v) is 2.98. The van der Waals surface area contributed by atoms with Crippen molar-refractivity contribution in [1.82, 2.24) is 15.1 Å². The molecule has 0 saturated heterocycles. The summed E-state index contributed by atoms with van der Waals surface area (Å²) in [5, 5.41) is 18.5. The summed E-state index contributed by atoms with van der Waals surface area (Å²) in [6.07, 6.45) is 9.76. The Bertz CT molecular complexity index is 394. The molecule has 0 bridgehead atoms. The third-order valence-electron chi connectivity index (χ3n) is 4.19. The highest BCUT2D eigenvalue weighted by Gasteiger charge is 2.23. The van der Waals surface area contributed by atoms with Crippen LogP contribution in [0, 0.1) is 0 Å². The maximum Gasteiger partial charge on any atom is 0.0687 e. The highest BCUT2D eigenvalue weighted by atomic mass is 16.3. The van der Waals surface area contributed by atoms with Gasteiger partial charge >= 0.3 is 0 Å². The van der Waals surface area contributed by atoms with E-state index in [0.717, 1.165) is 31.6 Å². The lowest BCUT2D eigenvalue weighted by molar-refractivity contribution is 0.0504. The van der Waals surface area contributed by atoms with E-state index >= 15 is 0 Å². The molecule has 0 aromatic carbocycles. The second-order valence-corrected chi connectivity index (χ2v) is 6.40. The summed E-state index contributed by atoms with van der Waals surface area (Å²) in [6, 6.07) is 2.65. The summed E-state index contributed by atoms with van der Waals surface area (Å²) < 4.78 is 2.10. The van der Waals surface area contributed by atoms with Crippen LogP contribution in [-0.4, -0.2) is 33.6 Å². The molecule has 1 fully saturated rings. The van der Waals surface area contributed by atoms with Crippen LogP contribution in [0.3, 0.4) is 0 Å². The fraction of sp³-hybridized carbons (Fsp3) is 0.812. The molecule has 4 nitrogen and oxygen atoms in total. The van der Waals surface area contributed by atoms with E-state index in [1.165, 1.54) is 25.7 Å². The van der Waals surface area contributed by atoms with Crippen molar-refractivity contribution < 1.29 is 5.11 Å². The fourth-order valence-electron chi connectivity index (χ4n) is 2.98. The number of nitrogens with zero attached hydrogens (tertiary/aromatic N) is 2. The van der Waals surface area contributed by atoms with Crippen LogP contribution in [0.1, 0.15) is 64.1 Å². The van der Waals surface area contributed by atoms with E-state index in [9.17, 15) is 5.11 Å². The molecule has 0 amide bonds. The Morgan fingerprint density at radius 1 is 1.40 bits per heavy atom.